The van der Waals surface area contributed by atoms with Gasteiger partial charge in [0.05, 0.1) is 12.7 Å². The first-order valence-electron chi connectivity index (χ1n) is 4.94. The van der Waals surface area contributed by atoms with E-state index >= 15 is 0 Å². The normalized spacial score (nSPS) is 14.5. The molecule has 0 aromatic heterocycles. The minimum atomic E-state index is -0.627. The van der Waals surface area contributed by atoms with Crippen molar-refractivity contribution < 1.29 is 14.9 Å². The summed E-state index contributed by atoms with van der Waals surface area (Å²) in [5.41, 5.74) is -0.176. The topological polar surface area (TPSA) is 49.7 Å². The van der Waals surface area contributed by atoms with Gasteiger partial charge in [-0.05, 0) is 19.3 Å². The molecule has 1 atom stereocenters. The van der Waals surface area contributed by atoms with E-state index in [1.165, 1.54) is 0 Å². The summed E-state index contributed by atoms with van der Waals surface area (Å²) in [6.45, 7) is 4.56. The molecular weight excluding hydrogens is 168 g/mol. The van der Waals surface area contributed by atoms with Gasteiger partial charge in [-0.3, -0.25) is 0 Å². The molecule has 0 aromatic carbocycles. The Bertz CT molecular complexity index is 121. The lowest BCUT2D eigenvalue weighted by molar-refractivity contribution is -0.0372. The minimum Gasteiger partial charge on any atom is -0.394 e. The van der Waals surface area contributed by atoms with Gasteiger partial charge in [0.15, 0.2) is 0 Å². The average Bonchev–Trinajstić information content (AvgIpc) is 2.19. The second-order valence-electron chi connectivity index (χ2n) is 3.51. The van der Waals surface area contributed by atoms with E-state index in [1.807, 2.05) is 13.8 Å². The van der Waals surface area contributed by atoms with Crippen LogP contribution in [0.2, 0.25) is 0 Å². The Morgan fingerprint density at radius 2 is 1.85 bits per heavy atom. The van der Waals surface area contributed by atoms with Crippen LogP contribution in [0.15, 0.2) is 0 Å². The third-order valence-corrected chi connectivity index (χ3v) is 3.09. The SMILES string of the molecule is CCC(CC)(CCOC)C(O)CO. The highest BCUT2D eigenvalue weighted by atomic mass is 16.5. The number of rotatable bonds is 7. The van der Waals surface area contributed by atoms with Gasteiger partial charge in [0, 0.05) is 19.1 Å². The van der Waals surface area contributed by atoms with Gasteiger partial charge in [-0.1, -0.05) is 13.8 Å². The van der Waals surface area contributed by atoms with Crippen molar-refractivity contribution in [3.63, 3.8) is 0 Å². The van der Waals surface area contributed by atoms with Crippen molar-refractivity contribution in [2.24, 2.45) is 5.41 Å². The number of aliphatic hydroxyl groups is 2. The monoisotopic (exact) mass is 190 g/mol. The number of ether oxygens (including phenoxy) is 1. The summed E-state index contributed by atoms with van der Waals surface area (Å²) in [4.78, 5) is 0. The molecule has 0 rings (SSSR count). The maximum absolute atomic E-state index is 9.69. The van der Waals surface area contributed by atoms with Crippen molar-refractivity contribution >= 4 is 0 Å². The molecule has 0 spiro atoms. The first-order chi connectivity index (χ1) is 6.16. The molecule has 0 saturated heterocycles. The van der Waals surface area contributed by atoms with Crippen molar-refractivity contribution in [3.05, 3.63) is 0 Å². The molecular formula is C10H22O3. The van der Waals surface area contributed by atoms with Crippen molar-refractivity contribution in [2.75, 3.05) is 20.3 Å². The lowest BCUT2D eigenvalue weighted by atomic mass is 9.75. The van der Waals surface area contributed by atoms with Crippen LogP contribution in [0, 0.1) is 5.41 Å². The van der Waals surface area contributed by atoms with Gasteiger partial charge < -0.3 is 14.9 Å². The second kappa shape index (κ2) is 6.35. The van der Waals surface area contributed by atoms with E-state index in [0.29, 0.717) is 6.61 Å². The van der Waals surface area contributed by atoms with Gasteiger partial charge in [-0.15, -0.1) is 0 Å². The summed E-state index contributed by atoms with van der Waals surface area (Å²) in [6.07, 6.45) is 1.92. The van der Waals surface area contributed by atoms with E-state index in [2.05, 4.69) is 0 Å². The quantitative estimate of drug-likeness (QED) is 0.634. The molecule has 0 aliphatic heterocycles. The molecule has 0 heterocycles. The van der Waals surface area contributed by atoms with Crippen LogP contribution in [0.3, 0.4) is 0 Å². The molecule has 0 bridgehead atoms. The second-order valence-corrected chi connectivity index (χ2v) is 3.51. The molecule has 3 nitrogen and oxygen atoms in total. The fraction of sp³-hybridized carbons (Fsp3) is 1.00. The number of methoxy groups -OCH3 is 1. The average molecular weight is 190 g/mol. The molecule has 0 amide bonds. The zero-order chi connectivity index (χ0) is 10.3. The fourth-order valence-corrected chi connectivity index (χ4v) is 1.74. The highest BCUT2D eigenvalue weighted by Crippen LogP contribution is 2.34. The van der Waals surface area contributed by atoms with Gasteiger partial charge in [-0.2, -0.15) is 0 Å². The summed E-state index contributed by atoms with van der Waals surface area (Å²) in [6, 6.07) is 0. The summed E-state index contributed by atoms with van der Waals surface area (Å²) < 4.78 is 5.00. The van der Waals surface area contributed by atoms with Crippen molar-refractivity contribution in [2.45, 2.75) is 39.2 Å². The molecule has 13 heavy (non-hydrogen) atoms. The molecule has 0 aliphatic rings. The molecule has 0 saturated carbocycles. The Kier molecular flexibility index (Phi) is 6.29. The maximum Gasteiger partial charge on any atom is 0.0827 e. The first kappa shape index (κ1) is 12.9. The third-order valence-electron chi connectivity index (χ3n) is 3.09. The van der Waals surface area contributed by atoms with Gasteiger partial charge in [0.2, 0.25) is 0 Å². The van der Waals surface area contributed by atoms with Gasteiger partial charge >= 0.3 is 0 Å². The van der Waals surface area contributed by atoms with Crippen LogP contribution in [0.5, 0.6) is 0 Å². The lowest BCUT2D eigenvalue weighted by Crippen LogP contribution is -2.37. The molecule has 0 aliphatic carbocycles. The Morgan fingerprint density at radius 3 is 2.15 bits per heavy atom. The van der Waals surface area contributed by atoms with E-state index in [0.717, 1.165) is 19.3 Å². The molecule has 0 fully saturated rings. The highest BCUT2D eigenvalue weighted by Gasteiger charge is 2.33. The smallest absolute Gasteiger partial charge is 0.0827 e. The summed E-state index contributed by atoms with van der Waals surface area (Å²) >= 11 is 0. The molecule has 0 aromatic rings. The van der Waals surface area contributed by atoms with Gasteiger partial charge in [-0.25, -0.2) is 0 Å². The number of hydrogen-bond donors (Lipinski definition) is 2. The van der Waals surface area contributed by atoms with Crippen LogP contribution < -0.4 is 0 Å². The molecule has 1 unspecified atom stereocenters. The molecule has 3 heteroatoms. The molecule has 2 N–H and O–H groups in total. The van der Waals surface area contributed by atoms with Crippen LogP contribution >= 0.6 is 0 Å². The Balaban J connectivity index is 4.29. The molecule has 0 radical (unpaired) electrons. The predicted octanol–water partition coefficient (Wildman–Crippen LogP) is 1.18. The largest absolute Gasteiger partial charge is 0.394 e. The summed E-state index contributed by atoms with van der Waals surface area (Å²) in [7, 11) is 1.65. The van der Waals surface area contributed by atoms with Crippen LogP contribution in [0.25, 0.3) is 0 Å². The van der Waals surface area contributed by atoms with Crippen molar-refractivity contribution in [3.8, 4) is 0 Å². The highest BCUT2D eigenvalue weighted by molar-refractivity contribution is 4.83. The fourth-order valence-electron chi connectivity index (χ4n) is 1.74. The first-order valence-corrected chi connectivity index (χ1v) is 4.94. The summed E-state index contributed by atoms with van der Waals surface area (Å²) in [5.74, 6) is 0. The van der Waals surface area contributed by atoms with Gasteiger partial charge in [0.1, 0.15) is 0 Å². The van der Waals surface area contributed by atoms with Gasteiger partial charge in [0.25, 0.3) is 0 Å². The maximum atomic E-state index is 9.69. The van der Waals surface area contributed by atoms with Crippen LogP contribution in [-0.2, 0) is 4.74 Å². The number of aliphatic hydroxyl groups excluding tert-OH is 2. The van der Waals surface area contributed by atoms with Crippen molar-refractivity contribution in [1.82, 2.24) is 0 Å². The summed E-state index contributed by atoms with van der Waals surface area (Å²) in [5, 5.41) is 18.6. The predicted molar refractivity (Wildman–Crippen MR) is 52.6 cm³/mol. The standard InChI is InChI=1S/C10H22O3/c1-4-10(5-2,6-7-13-3)9(12)8-11/h9,11-12H,4-8H2,1-3H3. The number of hydrogen-bond acceptors (Lipinski definition) is 3. The van der Waals surface area contributed by atoms with Crippen LogP contribution in [0.4, 0.5) is 0 Å². The Labute approximate surface area is 80.7 Å². The van der Waals surface area contributed by atoms with E-state index in [1.54, 1.807) is 7.11 Å². The zero-order valence-electron chi connectivity index (χ0n) is 8.92. The Hall–Kier alpha value is -0.120. The van der Waals surface area contributed by atoms with E-state index in [9.17, 15) is 5.11 Å². The van der Waals surface area contributed by atoms with E-state index < -0.39 is 6.10 Å². The van der Waals surface area contributed by atoms with Crippen LogP contribution in [0.1, 0.15) is 33.1 Å². The zero-order valence-corrected chi connectivity index (χ0v) is 8.92. The Morgan fingerprint density at radius 1 is 1.31 bits per heavy atom. The van der Waals surface area contributed by atoms with E-state index in [-0.39, 0.29) is 12.0 Å². The van der Waals surface area contributed by atoms with E-state index in [4.69, 9.17) is 9.84 Å². The molecule has 80 valence electrons. The third kappa shape index (κ3) is 3.25. The van der Waals surface area contributed by atoms with Crippen molar-refractivity contribution in [1.29, 1.82) is 0 Å². The van der Waals surface area contributed by atoms with Crippen LogP contribution in [-0.4, -0.2) is 36.6 Å². The minimum absolute atomic E-state index is 0.161. The lowest BCUT2D eigenvalue weighted by Gasteiger charge is -2.35.